The highest BCUT2D eigenvalue weighted by Gasteiger charge is 2.32. The Morgan fingerprint density at radius 2 is 1.90 bits per heavy atom. The summed E-state index contributed by atoms with van der Waals surface area (Å²) < 4.78 is 13.3. The van der Waals surface area contributed by atoms with E-state index in [1.807, 2.05) is 0 Å². The Labute approximate surface area is 175 Å². The second-order valence-electron chi connectivity index (χ2n) is 7.31. The van der Waals surface area contributed by atoms with Gasteiger partial charge in [-0.15, -0.1) is 11.6 Å². The fourth-order valence-corrected chi connectivity index (χ4v) is 3.88. The minimum Gasteiger partial charge on any atom is -0.351 e. The van der Waals surface area contributed by atoms with Gasteiger partial charge >= 0.3 is 0 Å². The molecule has 7 heteroatoms. The second kappa shape index (κ2) is 10.3. The van der Waals surface area contributed by atoms with Crippen molar-refractivity contribution in [2.75, 3.05) is 5.88 Å². The Morgan fingerprint density at radius 1 is 1.17 bits per heavy atom. The molecule has 1 aromatic carbocycles. The molecule has 0 spiro atoms. The third-order valence-corrected chi connectivity index (χ3v) is 5.44. The van der Waals surface area contributed by atoms with E-state index >= 15 is 0 Å². The molecule has 2 amide bonds. The van der Waals surface area contributed by atoms with Crippen LogP contribution >= 0.6 is 11.6 Å². The first kappa shape index (κ1) is 21.2. The average molecular weight is 418 g/mol. The van der Waals surface area contributed by atoms with E-state index < -0.39 is 6.04 Å². The summed E-state index contributed by atoms with van der Waals surface area (Å²) in [5.41, 5.74) is 1.32. The van der Waals surface area contributed by atoms with Gasteiger partial charge in [0.1, 0.15) is 17.7 Å². The van der Waals surface area contributed by atoms with Crippen molar-refractivity contribution in [3.8, 4) is 0 Å². The normalized spacial score (nSPS) is 15.5. The van der Waals surface area contributed by atoms with Crippen LogP contribution in [0.1, 0.15) is 49.3 Å². The molecule has 29 heavy (non-hydrogen) atoms. The van der Waals surface area contributed by atoms with E-state index in [0.717, 1.165) is 25.7 Å². The molecule has 0 aliphatic heterocycles. The largest absolute Gasteiger partial charge is 0.351 e. The van der Waals surface area contributed by atoms with Crippen molar-refractivity contribution in [2.24, 2.45) is 0 Å². The number of nitrogens with zero attached hydrogens (tertiary/aromatic N) is 2. The van der Waals surface area contributed by atoms with E-state index in [9.17, 15) is 14.0 Å². The summed E-state index contributed by atoms with van der Waals surface area (Å²) in [6.45, 7) is 0.142. The number of pyridine rings is 1. The first-order valence-electron chi connectivity index (χ1n) is 9.88. The molecule has 1 aliphatic carbocycles. The van der Waals surface area contributed by atoms with Crippen LogP contribution in [0.5, 0.6) is 0 Å². The third kappa shape index (κ3) is 5.76. The number of carbonyl (C=O) groups excluding carboxylic acids is 2. The topological polar surface area (TPSA) is 62.3 Å². The number of benzene rings is 1. The lowest BCUT2D eigenvalue weighted by Gasteiger charge is -2.33. The first-order chi connectivity index (χ1) is 14.1. The van der Waals surface area contributed by atoms with E-state index in [1.54, 1.807) is 36.7 Å². The van der Waals surface area contributed by atoms with Crippen LogP contribution in [0.15, 0.2) is 48.8 Å². The highest BCUT2D eigenvalue weighted by atomic mass is 35.5. The zero-order chi connectivity index (χ0) is 20.6. The van der Waals surface area contributed by atoms with Crippen molar-refractivity contribution in [1.82, 2.24) is 15.2 Å². The van der Waals surface area contributed by atoms with E-state index in [4.69, 9.17) is 11.6 Å². The summed E-state index contributed by atoms with van der Waals surface area (Å²) in [5, 5.41) is 3.11. The monoisotopic (exact) mass is 417 g/mol. The number of carbonyl (C=O) groups is 2. The van der Waals surface area contributed by atoms with Crippen molar-refractivity contribution >= 4 is 23.4 Å². The summed E-state index contributed by atoms with van der Waals surface area (Å²) in [6.07, 6.45) is 8.43. The van der Waals surface area contributed by atoms with Crippen molar-refractivity contribution in [3.63, 3.8) is 0 Å². The Kier molecular flexibility index (Phi) is 7.58. The van der Waals surface area contributed by atoms with Gasteiger partial charge in [0.05, 0.1) is 0 Å². The van der Waals surface area contributed by atoms with Gasteiger partial charge in [0.15, 0.2) is 0 Å². The summed E-state index contributed by atoms with van der Waals surface area (Å²) in [7, 11) is 0. The molecular weight excluding hydrogens is 393 g/mol. The van der Waals surface area contributed by atoms with E-state index in [1.165, 1.54) is 23.5 Å². The van der Waals surface area contributed by atoms with Gasteiger partial charge in [0, 0.05) is 30.5 Å². The van der Waals surface area contributed by atoms with Crippen LogP contribution in [0.2, 0.25) is 0 Å². The molecule has 154 valence electrons. The van der Waals surface area contributed by atoms with Gasteiger partial charge in [-0.3, -0.25) is 14.6 Å². The molecule has 1 aromatic heterocycles. The van der Waals surface area contributed by atoms with Gasteiger partial charge < -0.3 is 10.2 Å². The number of rotatable bonds is 7. The number of hydrogen-bond acceptors (Lipinski definition) is 3. The fourth-order valence-electron chi connectivity index (χ4n) is 3.72. The highest BCUT2D eigenvalue weighted by Crippen LogP contribution is 2.25. The van der Waals surface area contributed by atoms with Gasteiger partial charge in [-0.2, -0.15) is 0 Å². The van der Waals surface area contributed by atoms with Crippen LogP contribution in [0.25, 0.3) is 0 Å². The molecular formula is C22H25ClFN3O2. The molecule has 1 heterocycles. The number of amides is 2. The maximum atomic E-state index is 13.3. The number of hydrogen-bond donors (Lipinski definition) is 1. The van der Waals surface area contributed by atoms with Crippen LogP contribution in [-0.2, 0) is 16.1 Å². The van der Waals surface area contributed by atoms with Crippen LogP contribution in [0.3, 0.4) is 0 Å². The molecule has 1 aliphatic rings. The summed E-state index contributed by atoms with van der Waals surface area (Å²) in [4.78, 5) is 31.6. The van der Waals surface area contributed by atoms with Gasteiger partial charge in [0.25, 0.3) is 0 Å². The molecule has 0 saturated heterocycles. The van der Waals surface area contributed by atoms with Crippen molar-refractivity contribution in [1.29, 1.82) is 0 Å². The lowest BCUT2D eigenvalue weighted by Crippen LogP contribution is -2.47. The molecule has 1 saturated carbocycles. The third-order valence-electron chi connectivity index (χ3n) is 5.21. The van der Waals surface area contributed by atoms with Gasteiger partial charge in [-0.25, -0.2) is 4.39 Å². The Hall–Kier alpha value is -2.47. The minimum absolute atomic E-state index is 0.106. The van der Waals surface area contributed by atoms with Crippen molar-refractivity contribution in [3.05, 3.63) is 65.7 Å². The predicted molar refractivity (Wildman–Crippen MR) is 110 cm³/mol. The number of aromatic nitrogens is 1. The maximum absolute atomic E-state index is 13.3. The lowest BCUT2D eigenvalue weighted by atomic mass is 9.94. The number of nitrogens with one attached hydrogen (secondary N) is 1. The number of alkyl halides is 1. The molecule has 2 aromatic rings. The highest BCUT2D eigenvalue weighted by molar-refractivity contribution is 6.27. The zero-order valence-corrected chi connectivity index (χ0v) is 16.9. The average Bonchev–Trinajstić information content (AvgIpc) is 2.75. The Balaban J connectivity index is 1.90. The molecule has 3 rings (SSSR count). The van der Waals surface area contributed by atoms with Crippen LogP contribution in [0, 0.1) is 5.82 Å². The predicted octanol–water partition coefficient (Wildman–Crippen LogP) is 3.98. The van der Waals surface area contributed by atoms with Crippen LogP contribution in [0.4, 0.5) is 4.39 Å². The van der Waals surface area contributed by atoms with Gasteiger partial charge in [-0.1, -0.05) is 37.5 Å². The zero-order valence-electron chi connectivity index (χ0n) is 16.2. The van der Waals surface area contributed by atoms with Gasteiger partial charge in [0.2, 0.25) is 11.8 Å². The minimum atomic E-state index is -0.859. The molecule has 0 bridgehead atoms. The first-order valence-corrected chi connectivity index (χ1v) is 10.4. The molecule has 0 radical (unpaired) electrons. The van der Waals surface area contributed by atoms with Crippen LogP contribution < -0.4 is 5.32 Å². The molecule has 1 unspecified atom stereocenters. The van der Waals surface area contributed by atoms with Crippen molar-refractivity contribution in [2.45, 2.75) is 50.7 Å². The molecule has 5 nitrogen and oxygen atoms in total. The van der Waals surface area contributed by atoms with E-state index in [0.29, 0.717) is 11.1 Å². The standard InChI is InChI=1S/C22H25ClFN3O2/c23-13-20(28)27(15-16-8-10-18(24)11-9-16)21(17-5-4-12-25-14-17)22(29)26-19-6-2-1-3-7-19/h4-5,8-12,14,19,21H,1-3,6-7,13,15H2,(H,26,29). The van der Waals surface area contributed by atoms with Crippen molar-refractivity contribution < 1.29 is 14.0 Å². The smallest absolute Gasteiger partial charge is 0.247 e. The summed E-state index contributed by atoms with van der Waals surface area (Å²) in [6, 6.07) is 8.62. The summed E-state index contributed by atoms with van der Waals surface area (Å²) >= 11 is 5.87. The SMILES string of the molecule is O=C(NC1CCCCC1)C(c1cccnc1)N(Cc1ccc(F)cc1)C(=O)CCl. The molecule has 1 fully saturated rings. The quantitative estimate of drug-likeness (QED) is 0.693. The maximum Gasteiger partial charge on any atom is 0.247 e. The second-order valence-corrected chi connectivity index (χ2v) is 7.58. The van der Waals surface area contributed by atoms with E-state index in [-0.39, 0.29) is 36.1 Å². The van der Waals surface area contributed by atoms with Crippen LogP contribution in [-0.4, -0.2) is 33.6 Å². The Bertz CT molecular complexity index is 811. The molecule has 1 N–H and O–H groups in total. The molecule has 1 atom stereocenters. The summed E-state index contributed by atoms with van der Waals surface area (Å²) in [5.74, 6) is -1.23. The van der Waals surface area contributed by atoms with E-state index in [2.05, 4.69) is 10.3 Å². The van der Waals surface area contributed by atoms with Gasteiger partial charge in [-0.05, 0) is 36.6 Å². The lowest BCUT2D eigenvalue weighted by molar-refractivity contribution is -0.140. The Morgan fingerprint density at radius 3 is 2.52 bits per heavy atom. The number of halogens is 2. The fraction of sp³-hybridized carbons (Fsp3) is 0.409.